The lowest BCUT2D eigenvalue weighted by Crippen LogP contribution is -2.23. The molecule has 0 unspecified atom stereocenters. The Morgan fingerprint density at radius 3 is 2.94 bits per heavy atom. The molecule has 16 heavy (non-hydrogen) atoms. The van der Waals surface area contributed by atoms with Crippen LogP contribution in [0.15, 0.2) is 5.16 Å². The van der Waals surface area contributed by atoms with Crippen LogP contribution in [0, 0.1) is 0 Å². The molecule has 92 valence electrons. The van der Waals surface area contributed by atoms with Crippen molar-refractivity contribution in [1.82, 2.24) is 0 Å². The minimum Gasteiger partial charge on any atom is -0.460 e. The lowest BCUT2D eigenvalue weighted by atomic mass is 10.4. The van der Waals surface area contributed by atoms with Gasteiger partial charge in [-0.25, -0.2) is 4.79 Å². The second-order valence-corrected chi connectivity index (χ2v) is 5.83. The number of cyclic esters (lactones) is 1. The largest absolute Gasteiger partial charge is 0.460 e. The second-order valence-electron chi connectivity index (χ2n) is 3.07. The van der Waals surface area contributed by atoms with Crippen LogP contribution in [-0.4, -0.2) is 37.5 Å². The molecule has 0 saturated carbocycles. The summed E-state index contributed by atoms with van der Waals surface area (Å²) < 4.78 is 31.5. The number of thioether (sulfide) groups is 1. The van der Waals surface area contributed by atoms with E-state index in [1.165, 1.54) is 0 Å². The maximum Gasteiger partial charge on any atom is 0.367 e. The summed E-state index contributed by atoms with van der Waals surface area (Å²) in [6.07, 6.45) is 1.25. The minimum atomic E-state index is -3.68. The van der Waals surface area contributed by atoms with Crippen LogP contribution in [0.1, 0.15) is 19.8 Å². The molecule has 0 N–H and O–H groups in total. The van der Waals surface area contributed by atoms with E-state index in [0.717, 1.165) is 18.2 Å². The van der Waals surface area contributed by atoms with Crippen molar-refractivity contribution >= 4 is 32.9 Å². The zero-order chi connectivity index (χ0) is 12.0. The van der Waals surface area contributed by atoms with Gasteiger partial charge in [0.1, 0.15) is 6.61 Å². The molecule has 1 rings (SSSR count). The van der Waals surface area contributed by atoms with Gasteiger partial charge in [0.25, 0.3) is 0 Å². The number of rotatable bonds is 5. The molecule has 0 amide bonds. The normalized spacial score (nSPS) is 19.6. The number of nitrogens with zero attached hydrogens (tertiary/aromatic N) is 1. The first-order valence-corrected chi connectivity index (χ1v) is 7.40. The highest BCUT2D eigenvalue weighted by Crippen LogP contribution is 2.13. The number of oxime groups is 1. The van der Waals surface area contributed by atoms with Crippen molar-refractivity contribution in [2.24, 2.45) is 5.16 Å². The molecule has 1 aliphatic rings. The smallest absolute Gasteiger partial charge is 0.367 e. The molecule has 0 atom stereocenters. The fourth-order valence-electron chi connectivity index (χ4n) is 0.906. The molecule has 0 aromatic carbocycles. The molecule has 1 saturated heterocycles. The van der Waals surface area contributed by atoms with Gasteiger partial charge in [0, 0.05) is 5.75 Å². The van der Waals surface area contributed by atoms with E-state index >= 15 is 0 Å². The summed E-state index contributed by atoms with van der Waals surface area (Å²) in [5.41, 5.74) is 0. The van der Waals surface area contributed by atoms with Crippen molar-refractivity contribution in [1.29, 1.82) is 0 Å². The van der Waals surface area contributed by atoms with Gasteiger partial charge >= 0.3 is 16.1 Å². The minimum absolute atomic E-state index is 0.0497. The summed E-state index contributed by atoms with van der Waals surface area (Å²) in [6, 6.07) is 0. The number of carbonyl (C=O) groups is 1. The van der Waals surface area contributed by atoms with Crippen LogP contribution in [0.5, 0.6) is 0 Å². The molecular weight excluding hydrogens is 254 g/mol. The zero-order valence-electron chi connectivity index (χ0n) is 8.84. The van der Waals surface area contributed by atoms with Crippen molar-refractivity contribution in [3.05, 3.63) is 0 Å². The van der Waals surface area contributed by atoms with Crippen molar-refractivity contribution < 1.29 is 22.2 Å². The lowest BCUT2D eigenvalue weighted by molar-refractivity contribution is -0.135. The van der Waals surface area contributed by atoms with E-state index < -0.39 is 16.1 Å². The Morgan fingerprint density at radius 2 is 2.31 bits per heavy atom. The Labute approximate surface area is 98.5 Å². The Kier molecular flexibility index (Phi) is 5.07. The molecule has 0 bridgehead atoms. The van der Waals surface area contributed by atoms with E-state index in [0.29, 0.717) is 18.8 Å². The lowest BCUT2D eigenvalue weighted by Gasteiger charge is -2.11. The van der Waals surface area contributed by atoms with E-state index in [1.54, 1.807) is 0 Å². The van der Waals surface area contributed by atoms with Gasteiger partial charge in [-0.2, -0.15) is 8.42 Å². The highest BCUT2D eigenvalue weighted by atomic mass is 32.2. The molecule has 8 heteroatoms. The maximum absolute atomic E-state index is 11.2. The molecule has 1 heterocycles. The molecule has 6 nitrogen and oxygen atoms in total. The maximum atomic E-state index is 11.2. The number of unbranched alkanes of at least 4 members (excludes halogenated alkanes) is 1. The third kappa shape index (κ3) is 4.40. The number of hydrogen-bond donors (Lipinski definition) is 0. The predicted molar refractivity (Wildman–Crippen MR) is 60.6 cm³/mol. The van der Waals surface area contributed by atoms with Crippen molar-refractivity contribution in [3.8, 4) is 0 Å². The average Bonchev–Trinajstić information content (AvgIpc) is 2.26. The van der Waals surface area contributed by atoms with Crippen molar-refractivity contribution in [2.45, 2.75) is 19.8 Å². The van der Waals surface area contributed by atoms with E-state index in [2.05, 4.69) is 14.2 Å². The molecule has 0 spiro atoms. The van der Waals surface area contributed by atoms with Crippen LogP contribution in [0.2, 0.25) is 0 Å². The average molecular weight is 267 g/mol. The van der Waals surface area contributed by atoms with Crippen LogP contribution in [-0.2, 0) is 23.9 Å². The third-order valence-corrected chi connectivity index (χ3v) is 3.69. The van der Waals surface area contributed by atoms with E-state index in [-0.39, 0.29) is 10.8 Å². The van der Waals surface area contributed by atoms with Crippen molar-refractivity contribution in [3.63, 3.8) is 0 Å². The van der Waals surface area contributed by atoms with E-state index in [1.807, 2.05) is 6.92 Å². The molecule has 1 aliphatic heterocycles. The van der Waals surface area contributed by atoms with Crippen LogP contribution in [0.25, 0.3) is 0 Å². The fourth-order valence-corrected chi connectivity index (χ4v) is 2.48. The van der Waals surface area contributed by atoms with Crippen LogP contribution < -0.4 is 0 Å². The van der Waals surface area contributed by atoms with Crippen molar-refractivity contribution in [2.75, 3.05) is 18.1 Å². The Morgan fingerprint density at radius 1 is 1.56 bits per heavy atom. The number of ether oxygens (including phenoxy) is 1. The summed E-state index contributed by atoms with van der Waals surface area (Å²) in [7, 11) is -3.68. The topological polar surface area (TPSA) is 82.0 Å². The highest BCUT2D eigenvalue weighted by Gasteiger charge is 2.21. The van der Waals surface area contributed by atoms with Gasteiger partial charge < -0.3 is 4.74 Å². The van der Waals surface area contributed by atoms with Crippen LogP contribution in [0.4, 0.5) is 0 Å². The standard InChI is InChI=1S/C8H13NO5S2/c1-2-3-6-16(11,12)14-9-7-8(10)13-4-5-15-7/h2-6H2,1H3/b9-7-. The summed E-state index contributed by atoms with van der Waals surface area (Å²) in [5.74, 6) is -0.176. The molecule has 0 radical (unpaired) electrons. The molecule has 0 aromatic rings. The number of esters is 1. The monoisotopic (exact) mass is 267 g/mol. The first-order valence-electron chi connectivity index (χ1n) is 4.84. The zero-order valence-corrected chi connectivity index (χ0v) is 10.5. The summed E-state index contributed by atoms with van der Waals surface area (Å²) in [5, 5.41) is 3.26. The Bertz CT molecular complexity index is 376. The van der Waals surface area contributed by atoms with Crippen LogP contribution in [0.3, 0.4) is 0 Å². The van der Waals surface area contributed by atoms with Gasteiger partial charge in [0.2, 0.25) is 5.04 Å². The summed E-state index contributed by atoms with van der Waals surface area (Å²) in [6.45, 7) is 2.18. The Balaban J connectivity index is 2.54. The third-order valence-electron chi connectivity index (χ3n) is 1.71. The first-order chi connectivity index (χ1) is 7.55. The number of hydrogen-bond acceptors (Lipinski definition) is 7. The molecule has 0 aliphatic carbocycles. The second kappa shape index (κ2) is 6.09. The molecule has 1 fully saturated rings. The quantitative estimate of drug-likeness (QED) is 0.539. The van der Waals surface area contributed by atoms with Crippen LogP contribution >= 0.6 is 11.8 Å². The van der Waals surface area contributed by atoms with Gasteiger partial charge in [-0.3, -0.25) is 4.28 Å². The summed E-state index contributed by atoms with van der Waals surface area (Å²) >= 11 is 1.12. The summed E-state index contributed by atoms with van der Waals surface area (Å²) in [4.78, 5) is 11.1. The molecule has 0 aromatic heterocycles. The first kappa shape index (κ1) is 13.3. The molecular formula is C8H13NO5S2. The van der Waals surface area contributed by atoms with E-state index in [9.17, 15) is 13.2 Å². The van der Waals surface area contributed by atoms with Gasteiger partial charge in [0.05, 0.1) is 5.75 Å². The van der Waals surface area contributed by atoms with Gasteiger partial charge in [0.15, 0.2) is 0 Å². The predicted octanol–water partition coefficient (Wildman–Crippen LogP) is 0.736. The SMILES string of the molecule is CCCCS(=O)(=O)O/N=C1\SCCOC1=O. The van der Waals surface area contributed by atoms with Gasteiger partial charge in [-0.15, -0.1) is 0 Å². The Hall–Kier alpha value is -0.760. The van der Waals surface area contributed by atoms with Gasteiger partial charge in [-0.05, 0) is 6.42 Å². The number of carbonyl (C=O) groups excluding carboxylic acids is 1. The van der Waals surface area contributed by atoms with Gasteiger partial charge in [-0.1, -0.05) is 30.3 Å². The fraction of sp³-hybridized carbons (Fsp3) is 0.750. The van der Waals surface area contributed by atoms with E-state index in [4.69, 9.17) is 0 Å². The highest BCUT2D eigenvalue weighted by molar-refractivity contribution is 8.15.